The summed E-state index contributed by atoms with van der Waals surface area (Å²) >= 11 is 0. The fourth-order valence-electron chi connectivity index (χ4n) is 2.89. The predicted molar refractivity (Wildman–Crippen MR) is 97.6 cm³/mol. The molecule has 3 N–H and O–H groups in total. The van der Waals surface area contributed by atoms with Crippen molar-refractivity contribution in [2.24, 2.45) is 11.7 Å². The molecule has 1 amide bonds. The van der Waals surface area contributed by atoms with Crippen LogP contribution in [0.4, 0.5) is 0 Å². The van der Waals surface area contributed by atoms with Crippen molar-refractivity contribution in [3.8, 4) is 17.2 Å². The van der Waals surface area contributed by atoms with Crippen molar-refractivity contribution in [2.45, 2.75) is 46.1 Å². The first-order chi connectivity index (χ1) is 12.0. The molecule has 1 fully saturated rings. The Hall–Kier alpha value is -1.95. The molecule has 0 saturated heterocycles. The van der Waals surface area contributed by atoms with Crippen LogP contribution in [-0.2, 0) is 0 Å². The lowest BCUT2D eigenvalue weighted by Crippen LogP contribution is -2.53. The van der Waals surface area contributed by atoms with Gasteiger partial charge in [0.1, 0.15) is 0 Å². The van der Waals surface area contributed by atoms with Crippen molar-refractivity contribution in [1.82, 2.24) is 5.32 Å². The number of ether oxygens (including phenoxy) is 3. The highest BCUT2D eigenvalue weighted by molar-refractivity contribution is 5.96. The van der Waals surface area contributed by atoms with E-state index in [2.05, 4.69) is 5.32 Å². The molecule has 1 saturated carbocycles. The summed E-state index contributed by atoms with van der Waals surface area (Å²) in [6.07, 6.45) is 2.21. The summed E-state index contributed by atoms with van der Waals surface area (Å²) in [7, 11) is 0. The van der Waals surface area contributed by atoms with Gasteiger partial charge in [-0.1, -0.05) is 0 Å². The molecule has 1 aliphatic rings. The number of nitrogens with one attached hydrogen (secondary N) is 1. The molecule has 0 aromatic heterocycles. The number of rotatable bonds is 10. The highest BCUT2D eigenvalue weighted by atomic mass is 16.5. The van der Waals surface area contributed by atoms with Crippen LogP contribution in [0.25, 0.3) is 0 Å². The Balaban J connectivity index is 2.33. The standard InChI is InChI=1S/C19H30N2O4/c1-5-23-15-10-13(11-16(24-6-2)17(15)25-7-3)18(22)21-19(4,12-20)14-8-9-14/h10-11,14H,5-9,12,20H2,1-4H3,(H,21,22). The Bertz CT molecular complexity index is 574. The second-order valence-corrected chi connectivity index (χ2v) is 6.45. The van der Waals surface area contributed by atoms with Gasteiger partial charge < -0.3 is 25.3 Å². The second-order valence-electron chi connectivity index (χ2n) is 6.45. The molecule has 0 heterocycles. The topological polar surface area (TPSA) is 82.8 Å². The van der Waals surface area contributed by atoms with E-state index in [1.54, 1.807) is 12.1 Å². The van der Waals surface area contributed by atoms with Gasteiger partial charge >= 0.3 is 0 Å². The van der Waals surface area contributed by atoms with E-state index < -0.39 is 0 Å². The zero-order chi connectivity index (χ0) is 18.4. The van der Waals surface area contributed by atoms with Crippen molar-refractivity contribution in [2.75, 3.05) is 26.4 Å². The first-order valence-electron chi connectivity index (χ1n) is 9.08. The van der Waals surface area contributed by atoms with E-state index in [0.717, 1.165) is 12.8 Å². The van der Waals surface area contributed by atoms with E-state index >= 15 is 0 Å². The maximum Gasteiger partial charge on any atom is 0.252 e. The van der Waals surface area contributed by atoms with E-state index in [1.165, 1.54) is 0 Å². The van der Waals surface area contributed by atoms with E-state index in [0.29, 0.717) is 55.1 Å². The molecule has 25 heavy (non-hydrogen) atoms. The van der Waals surface area contributed by atoms with E-state index in [4.69, 9.17) is 19.9 Å². The van der Waals surface area contributed by atoms with Crippen LogP contribution in [0.1, 0.15) is 50.9 Å². The van der Waals surface area contributed by atoms with Gasteiger partial charge in [0.25, 0.3) is 5.91 Å². The van der Waals surface area contributed by atoms with Gasteiger partial charge in [-0.15, -0.1) is 0 Å². The molecule has 6 nitrogen and oxygen atoms in total. The molecule has 2 rings (SSSR count). The summed E-state index contributed by atoms with van der Waals surface area (Å²) < 4.78 is 17.0. The monoisotopic (exact) mass is 350 g/mol. The summed E-state index contributed by atoms with van der Waals surface area (Å²) in [5.74, 6) is 1.83. The van der Waals surface area contributed by atoms with Crippen LogP contribution < -0.4 is 25.3 Å². The van der Waals surface area contributed by atoms with Gasteiger partial charge in [0.2, 0.25) is 5.75 Å². The van der Waals surface area contributed by atoms with Crippen LogP contribution in [0.3, 0.4) is 0 Å². The third-order valence-corrected chi connectivity index (χ3v) is 4.47. The Morgan fingerprint density at radius 2 is 1.64 bits per heavy atom. The minimum Gasteiger partial charge on any atom is -0.490 e. The van der Waals surface area contributed by atoms with Crippen LogP contribution in [0, 0.1) is 5.92 Å². The molecule has 1 unspecified atom stereocenters. The van der Waals surface area contributed by atoms with Gasteiger partial charge in [-0.05, 0) is 58.6 Å². The SMILES string of the molecule is CCOc1cc(C(=O)NC(C)(CN)C2CC2)cc(OCC)c1OCC. The number of hydrogen-bond donors (Lipinski definition) is 2. The molecule has 0 radical (unpaired) electrons. The normalized spacial score (nSPS) is 16.0. The van der Waals surface area contributed by atoms with Crippen LogP contribution in [0.5, 0.6) is 17.2 Å². The molecule has 1 aromatic carbocycles. The van der Waals surface area contributed by atoms with Crippen molar-refractivity contribution in [1.29, 1.82) is 0 Å². The average Bonchev–Trinajstić information content (AvgIpc) is 3.43. The minimum absolute atomic E-state index is 0.176. The van der Waals surface area contributed by atoms with Gasteiger partial charge in [0.05, 0.1) is 25.4 Å². The van der Waals surface area contributed by atoms with Gasteiger partial charge in [-0.3, -0.25) is 4.79 Å². The highest BCUT2D eigenvalue weighted by Crippen LogP contribution is 2.41. The van der Waals surface area contributed by atoms with Crippen molar-refractivity contribution < 1.29 is 19.0 Å². The van der Waals surface area contributed by atoms with Crippen LogP contribution in [-0.4, -0.2) is 37.8 Å². The molecular formula is C19H30N2O4. The first kappa shape index (κ1) is 19.4. The third kappa shape index (κ3) is 4.57. The Morgan fingerprint density at radius 1 is 1.12 bits per heavy atom. The molecule has 0 spiro atoms. The number of hydrogen-bond acceptors (Lipinski definition) is 5. The molecule has 140 valence electrons. The molecule has 1 atom stereocenters. The molecular weight excluding hydrogens is 320 g/mol. The van der Waals surface area contributed by atoms with E-state index in [9.17, 15) is 4.79 Å². The molecule has 6 heteroatoms. The number of benzene rings is 1. The van der Waals surface area contributed by atoms with Crippen LogP contribution in [0.15, 0.2) is 12.1 Å². The molecule has 1 aromatic rings. The molecule has 0 aliphatic heterocycles. The van der Waals surface area contributed by atoms with Gasteiger partial charge in [0.15, 0.2) is 11.5 Å². The van der Waals surface area contributed by atoms with E-state index in [-0.39, 0.29) is 11.4 Å². The fraction of sp³-hybridized carbons (Fsp3) is 0.632. The first-order valence-corrected chi connectivity index (χ1v) is 9.08. The summed E-state index contributed by atoms with van der Waals surface area (Å²) in [5.41, 5.74) is 6.01. The third-order valence-electron chi connectivity index (χ3n) is 4.47. The molecule has 0 bridgehead atoms. The number of nitrogens with two attached hydrogens (primary N) is 1. The number of carbonyl (C=O) groups is 1. The van der Waals surface area contributed by atoms with E-state index in [1.807, 2.05) is 27.7 Å². The Kier molecular flexibility index (Phi) is 6.53. The smallest absolute Gasteiger partial charge is 0.252 e. The quantitative estimate of drug-likeness (QED) is 0.678. The van der Waals surface area contributed by atoms with Crippen molar-refractivity contribution in [3.05, 3.63) is 17.7 Å². The number of carbonyl (C=O) groups excluding carboxylic acids is 1. The maximum absolute atomic E-state index is 12.8. The Labute approximate surface area is 150 Å². The second kappa shape index (κ2) is 8.43. The zero-order valence-corrected chi connectivity index (χ0v) is 15.7. The lowest BCUT2D eigenvalue weighted by atomic mass is 9.95. The van der Waals surface area contributed by atoms with Crippen LogP contribution >= 0.6 is 0 Å². The highest BCUT2D eigenvalue weighted by Gasteiger charge is 2.41. The van der Waals surface area contributed by atoms with Crippen molar-refractivity contribution in [3.63, 3.8) is 0 Å². The summed E-state index contributed by atoms with van der Waals surface area (Å²) in [5, 5.41) is 3.10. The van der Waals surface area contributed by atoms with Gasteiger partial charge in [-0.25, -0.2) is 0 Å². The lowest BCUT2D eigenvalue weighted by molar-refractivity contribution is 0.0896. The summed E-state index contributed by atoms with van der Waals surface area (Å²) in [6, 6.07) is 3.41. The predicted octanol–water partition coefficient (Wildman–Crippen LogP) is 2.74. The lowest BCUT2D eigenvalue weighted by Gasteiger charge is -2.29. The van der Waals surface area contributed by atoms with Gasteiger partial charge in [-0.2, -0.15) is 0 Å². The maximum atomic E-state index is 12.8. The fourth-order valence-corrected chi connectivity index (χ4v) is 2.89. The summed E-state index contributed by atoms with van der Waals surface area (Å²) in [4.78, 5) is 12.8. The minimum atomic E-state index is -0.382. The average molecular weight is 350 g/mol. The largest absolute Gasteiger partial charge is 0.490 e. The van der Waals surface area contributed by atoms with Crippen LogP contribution in [0.2, 0.25) is 0 Å². The Morgan fingerprint density at radius 3 is 2.04 bits per heavy atom. The van der Waals surface area contributed by atoms with Gasteiger partial charge in [0, 0.05) is 12.1 Å². The zero-order valence-electron chi connectivity index (χ0n) is 15.7. The molecule has 1 aliphatic carbocycles. The summed E-state index contributed by atoms with van der Waals surface area (Å²) in [6.45, 7) is 9.52. The number of amides is 1. The van der Waals surface area contributed by atoms with Crippen molar-refractivity contribution >= 4 is 5.91 Å².